The van der Waals surface area contributed by atoms with E-state index in [0.29, 0.717) is 16.4 Å². The van der Waals surface area contributed by atoms with Crippen molar-refractivity contribution in [2.45, 2.75) is 26.3 Å². The normalized spacial score (nSPS) is 16.3. The molecule has 25 heavy (non-hydrogen) atoms. The van der Waals surface area contributed by atoms with E-state index in [1.807, 2.05) is 24.3 Å². The number of amides is 2. The molecule has 0 atom stereocenters. The lowest BCUT2D eigenvalue weighted by atomic mass is 10.0. The maximum absolute atomic E-state index is 13.8. The molecule has 1 aliphatic heterocycles. The van der Waals surface area contributed by atoms with E-state index in [1.54, 1.807) is 24.3 Å². The van der Waals surface area contributed by atoms with Gasteiger partial charge < -0.3 is 0 Å². The lowest BCUT2D eigenvalue weighted by Crippen LogP contribution is -2.27. The molecule has 0 N–H and O–H groups in total. The Morgan fingerprint density at radius 2 is 1.76 bits per heavy atom. The minimum atomic E-state index is -0.421. The molecule has 1 heterocycles. The van der Waals surface area contributed by atoms with Crippen molar-refractivity contribution >= 4 is 29.0 Å². The summed E-state index contributed by atoms with van der Waals surface area (Å²) >= 11 is 0.888. The second-order valence-electron chi connectivity index (χ2n) is 6.18. The van der Waals surface area contributed by atoms with E-state index >= 15 is 0 Å². The monoisotopic (exact) mass is 355 g/mol. The summed E-state index contributed by atoms with van der Waals surface area (Å²) in [6, 6.07) is 14.0. The fraction of sp³-hybridized carbons (Fsp3) is 0.200. The van der Waals surface area contributed by atoms with Gasteiger partial charge in [0, 0.05) is 5.56 Å². The van der Waals surface area contributed by atoms with Gasteiger partial charge in [0.15, 0.2) is 0 Å². The average Bonchev–Trinajstić information content (AvgIpc) is 2.85. The summed E-state index contributed by atoms with van der Waals surface area (Å²) in [5.41, 5.74) is 2.40. The highest BCUT2D eigenvalue weighted by atomic mass is 32.2. The summed E-state index contributed by atoms with van der Waals surface area (Å²) in [7, 11) is 0. The topological polar surface area (TPSA) is 37.4 Å². The molecule has 2 amide bonds. The van der Waals surface area contributed by atoms with Crippen LogP contribution in [-0.4, -0.2) is 16.0 Å². The molecule has 1 aliphatic rings. The van der Waals surface area contributed by atoms with Crippen molar-refractivity contribution in [3.05, 3.63) is 75.9 Å². The second-order valence-corrected chi connectivity index (χ2v) is 7.17. The fourth-order valence-corrected chi connectivity index (χ4v) is 3.40. The van der Waals surface area contributed by atoms with E-state index in [0.717, 1.165) is 22.2 Å². The molecular weight excluding hydrogens is 337 g/mol. The predicted octanol–water partition coefficient (Wildman–Crippen LogP) is 5.19. The van der Waals surface area contributed by atoms with Crippen LogP contribution in [0.3, 0.4) is 0 Å². The predicted molar refractivity (Wildman–Crippen MR) is 98.4 cm³/mol. The molecule has 5 heteroatoms. The molecule has 1 fully saturated rings. The molecule has 0 bridgehead atoms. The Balaban J connectivity index is 1.79. The second kappa shape index (κ2) is 7.23. The summed E-state index contributed by atoms with van der Waals surface area (Å²) in [4.78, 5) is 26.1. The highest BCUT2D eigenvalue weighted by molar-refractivity contribution is 8.18. The number of benzene rings is 2. The maximum Gasteiger partial charge on any atom is 0.293 e. The number of carbonyl (C=O) groups is 2. The molecule has 0 aliphatic carbocycles. The van der Waals surface area contributed by atoms with Gasteiger partial charge in [0.25, 0.3) is 11.1 Å². The van der Waals surface area contributed by atoms with Crippen molar-refractivity contribution in [3.63, 3.8) is 0 Å². The van der Waals surface area contributed by atoms with Crippen LogP contribution < -0.4 is 0 Å². The molecule has 128 valence electrons. The van der Waals surface area contributed by atoms with Crippen molar-refractivity contribution < 1.29 is 14.0 Å². The van der Waals surface area contributed by atoms with Gasteiger partial charge >= 0.3 is 0 Å². The summed E-state index contributed by atoms with van der Waals surface area (Å²) in [5, 5.41) is -0.377. The van der Waals surface area contributed by atoms with Gasteiger partial charge in [-0.15, -0.1) is 0 Å². The average molecular weight is 355 g/mol. The number of nitrogens with zero attached hydrogens (tertiary/aromatic N) is 1. The van der Waals surface area contributed by atoms with Crippen LogP contribution in [0.25, 0.3) is 6.08 Å². The number of hydrogen-bond donors (Lipinski definition) is 0. The smallest absolute Gasteiger partial charge is 0.268 e. The van der Waals surface area contributed by atoms with Gasteiger partial charge in [-0.2, -0.15) is 0 Å². The van der Waals surface area contributed by atoms with Crippen LogP contribution in [0.2, 0.25) is 0 Å². The van der Waals surface area contributed by atoms with Gasteiger partial charge in [0.1, 0.15) is 5.82 Å². The first-order chi connectivity index (χ1) is 12.0. The molecule has 0 saturated carbocycles. The molecule has 2 aromatic rings. The summed E-state index contributed by atoms with van der Waals surface area (Å²) in [5.74, 6) is -0.372. The molecule has 2 aromatic carbocycles. The maximum atomic E-state index is 13.8. The molecule has 3 rings (SSSR count). The zero-order chi connectivity index (χ0) is 18.0. The molecule has 0 radical (unpaired) electrons. The number of carbonyl (C=O) groups excluding carboxylic acids is 2. The molecule has 3 nitrogen and oxygen atoms in total. The standard InChI is InChI=1S/C20H18FNO2S/c1-13(2)15-9-7-14(8-10-15)11-18-19(23)22(20(24)25-18)12-16-5-3-4-6-17(16)21/h3-11,13H,12H2,1-2H3/b18-11+. The minimum absolute atomic E-state index is 0.0546. The lowest BCUT2D eigenvalue weighted by molar-refractivity contribution is -0.123. The first kappa shape index (κ1) is 17.4. The minimum Gasteiger partial charge on any atom is -0.268 e. The van der Waals surface area contributed by atoms with Gasteiger partial charge in [0.05, 0.1) is 11.4 Å². The van der Waals surface area contributed by atoms with E-state index in [1.165, 1.54) is 11.6 Å². The molecule has 1 saturated heterocycles. The zero-order valence-electron chi connectivity index (χ0n) is 14.0. The Morgan fingerprint density at radius 3 is 2.40 bits per heavy atom. The van der Waals surface area contributed by atoms with Crippen LogP contribution >= 0.6 is 11.8 Å². The largest absolute Gasteiger partial charge is 0.293 e. The van der Waals surface area contributed by atoms with Crippen LogP contribution in [-0.2, 0) is 11.3 Å². The van der Waals surface area contributed by atoms with Crippen molar-refractivity contribution in [2.24, 2.45) is 0 Å². The van der Waals surface area contributed by atoms with Gasteiger partial charge in [-0.3, -0.25) is 14.5 Å². The SMILES string of the molecule is CC(C)c1ccc(/C=C2/SC(=O)N(Cc3ccccc3F)C2=O)cc1. The Bertz CT molecular complexity index is 843. The number of hydrogen-bond acceptors (Lipinski definition) is 3. The molecule has 0 unspecified atom stereocenters. The van der Waals surface area contributed by atoms with Crippen molar-refractivity contribution in [1.82, 2.24) is 4.90 Å². The zero-order valence-corrected chi connectivity index (χ0v) is 14.8. The van der Waals surface area contributed by atoms with Crippen molar-refractivity contribution in [2.75, 3.05) is 0 Å². The number of thioether (sulfide) groups is 1. The van der Waals surface area contributed by atoms with Crippen LogP contribution in [0.4, 0.5) is 9.18 Å². The number of halogens is 1. The summed E-state index contributed by atoms with van der Waals surface area (Å²) in [6.07, 6.45) is 1.70. The van der Waals surface area contributed by atoms with Crippen LogP contribution in [0.5, 0.6) is 0 Å². The van der Waals surface area contributed by atoms with Crippen LogP contribution in [0.15, 0.2) is 53.4 Å². The Morgan fingerprint density at radius 1 is 1.08 bits per heavy atom. The Hall–Kier alpha value is -2.40. The third kappa shape index (κ3) is 3.82. The fourth-order valence-electron chi connectivity index (χ4n) is 2.56. The third-order valence-electron chi connectivity index (χ3n) is 4.06. The van der Waals surface area contributed by atoms with Gasteiger partial charge in [0.2, 0.25) is 0 Å². The van der Waals surface area contributed by atoms with Crippen molar-refractivity contribution in [3.8, 4) is 0 Å². The lowest BCUT2D eigenvalue weighted by Gasteiger charge is -2.12. The Labute approximate surface area is 150 Å². The summed E-state index contributed by atoms with van der Waals surface area (Å²) in [6.45, 7) is 4.17. The highest BCUT2D eigenvalue weighted by Crippen LogP contribution is 2.33. The molecular formula is C20H18FNO2S. The first-order valence-electron chi connectivity index (χ1n) is 8.04. The third-order valence-corrected chi connectivity index (χ3v) is 4.97. The molecule has 0 spiro atoms. The van der Waals surface area contributed by atoms with Gasteiger partial charge in [-0.1, -0.05) is 56.3 Å². The first-order valence-corrected chi connectivity index (χ1v) is 8.86. The van der Waals surface area contributed by atoms with E-state index in [-0.39, 0.29) is 17.7 Å². The van der Waals surface area contributed by atoms with E-state index in [9.17, 15) is 14.0 Å². The van der Waals surface area contributed by atoms with Crippen molar-refractivity contribution in [1.29, 1.82) is 0 Å². The molecule has 0 aromatic heterocycles. The number of rotatable bonds is 4. The van der Waals surface area contributed by atoms with Gasteiger partial charge in [-0.25, -0.2) is 4.39 Å². The highest BCUT2D eigenvalue weighted by Gasteiger charge is 2.35. The van der Waals surface area contributed by atoms with E-state index in [2.05, 4.69) is 13.8 Å². The van der Waals surface area contributed by atoms with E-state index < -0.39 is 5.82 Å². The van der Waals surface area contributed by atoms with Crippen LogP contribution in [0, 0.1) is 5.82 Å². The quantitative estimate of drug-likeness (QED) is 0.709. The number of imide groups is 1. The van der Waals surface area contributed by atoms with Gasteiger partial charge in [-0.05, 0) is 40.9 Å². The Kier molecular flexibility index (Phi) is 5.04. The van der Waals surface area contributed by atoms with E-state index in [4.69, 9.17) is 0 Å². The van der Waals surface area contributed by atoms with Crippen LogP contribution in [0.1, 0.15) is 36.5 Å². The summed E-state index contributed by atoms with van der Waals surface area (Å²) < 4.78 is 13.8.